The zero-order valence-corrected chi connectivity index (χ0v) is 9.09. The van der Waals surface area contributed by atoms with Crippen molar-refractivity contribution in [2.75, 3.05) is 6.54 Å². The minimum Gasteiger partial charge on any atom is -0.353 e. The second-order valence-corrected chi connectivity index (χ2v) is 4.42. The Hall–Kier alpha value is -0.570. The average molecular weight is 198 g/mol. The molecule has 1 rings (SSSR count). The first kappa shape index (κ1) is 11.5. The Kier molecular flexibility index (Phi) is 4.94. The number of amides is 1. The van der Waals surface area contributed by atoms with Crippen LogP contribution in [0.1, 0.15) is 45.4 Å². The van der Waals surface area contributed by atoms with Crippen LogP contribution in [0.25, 0.3) is 0 Å². The van der Waals surface area contributed by atoms with Gasteiger partial charge in [-0.25, -0.2) is 0 Å². The maximum Gasteiger partial charge on any atom is 0.221 e. The molecule has 2 atom stereocenters. The molecule has 0 saturated heterocycles. The highest BCUT2D eigenvalue weighted by Gasteiger charge is 2.17. The standard InChI is InChI=1S/C11H22N2O/c1-9-3-2-4-10(6-5-9)13-11(14)7-8-12/h9-10H,2-8,12H2,1H3,(H,13,14). The Morgan fingerprint density at radius 2 is 2.14 bits per heavy atom. The van der Waals surface area contributed by atoms with E-state index in [-0.39, 0.29) is 5.91 Å². The summed E-state index contributed by atoms with van der Waals surface area (Å²) in [5, 5.41) is 3.06. The van der Waals surface area contributed by atoms with E-state index in [4.69, 9.17) is 5.73 Å². The molecular weight excluding hydrogens is 176 g/mol. The predicted octanol–water partition coefficient (Wildman–Crippen LogP) is 1.42. The van der Waals surface area contributed by atoms with Gasteiger partial charge in [-0.2, -0.15) is 0 Å². The quantitative estimate of drug-likeness (QED) is 0.674. The van der Waals surface area contributed by atoms with E-state index in [9.17, 15) is 4.79 Å². The summed E-state index contributed by atoms with van der Waals surface area (Å²) in [4.78, 5) is 11.3. The Bertz CT molecular complexity index is 182. The van der Waals surface area contributed by atoms with Crippen molar-refractivity contribution in [2.24, 2.45) is 11.7 Å². The maximum atomic E-state index is 11.3. The molecular formula is C11H22N2O. The molecule has 1 aliphatic rings. The average Bonchev–Trinajstić information content (AvgIpc) is 2.32. The van der Waals surface area contributed by atoms with Crippen molar-refractivity contribution in [1.29, 1.82) is 0 Å². The summed E-state index contributed by atoms with van der Waals surface area (Å²) in [6.45, 7) is 2.75. The Balaban J connectivity index is 2.26. The van der Waals surface area contributed by atoms with Crippen LogP contribution in [0.4, 0.5) is 0 Å². The molecule has 1 saturated carbocycles. The molecule has 0 radical (unpaired) electrons. The number of hydrogen-bond donors (Lipinski definition) is 2. The summed E-state index contributed by atoms with van der Waals surface area (Å²) in [6.07, 6.45) is 6.54. The van der Waals surface area contributed by atoms with Gasteiger partial charge in [-0.05, 0) is 25.2 Å². The second kappa shape index (κ2) is 6.02. The molecule has 3 nitrogen and oxygen atoms in total. The van der Waals surface area contributed by atoms with E-state index in [0.717, 1.165) is 18.8 Å². The molecule has 3 N–H and O–H groups in total. The first-order chi connectivity index (χ1) is 6.72. The van der Waals surface area contributed by atoms with Crippen LogP contribution < -0.4 is 11.1 Å². The SMILES string of the molecule is CC1CCCC(NC(=O)CCN)CC1. The summed E-state index contributed by atoms with van der Waals surface area (Å²) in [5.41, 5.74) is 5.33. The number of rotatable bonds is 3. The van der Waals surface area contributed by atoms with Crippen molar-refractivity contribution in [1.82, 2.24) is 5.32 Å². The summed E-state index contributed by atoms with van der Waals surface area (Å²) < 4.78 is 0. The van der Waals surface area contributed by atoms with Gasteiger partial charge in [0, 0.05) is 19.0 Å². The van der Waals surface area contributed by atoms with Crippen LogP contribution in [-0.4, -0.2) is 18.5 Å². The van der Waals surface area contributed by atoms with E-state index in [1.165, 1.54) is 19.3 Å². The van der Waals surface area contributed by atoms with Crippen LogP contribution in [0.3, 0.4) is 0 Å². The van der Waals surface area contributed by atoms with E-state index in [0.29, 0.717) is 19.0 Å². The van der Waals surface area contributed by atoms with Crippen molar-refractivity contribution in [3.05, 3.63) is 0 Å². The van der Waals surface area contributed by atoms with Crippen LogP contribution >= 0.6 is 0 Å². The first-order valence-corrected chi connectivity index (χ1v) is 5.71. The molecule has 0 bridgehead atoms. The highest BCUT2D eigenvalue weighted by Crippen LogP contribution is 2.22. The van der Waals surface area contributed by atoms with Gasteiger partial charge in [-0.1, -0.05) is 19.8 Å². The zero-order chi connectivity index (χ0) is 10.4. The third-order valence-electron chi connectivity index (χ3n) is 2.99. The molecule has 1 fully saturated rings. The van der Waals surface area contributed by atoms with Crippen molar-refractivity contribution < 1.29 is 4.79 Å². The molecule has 0 spiro atoms. The smallest absolute Gasteiger partial charge is 0.221 e. The van der Waals surface area contributed by atoms with Gasteiger partial charge in [0.15, 0.2) is 0 Å². The number of carbonyl (C=O) groups excluding carboxylic acids is 1. The third kappa shape index (κ3) is 4.09. The fourth-order valence-electron chi connectivity index (χ4n) is 2.06. The number of hydrogen-bond acceptors (Lipinski definition) is 2. The fourth-order valence-corrected chi connectivity index (χ4v) is 2.06. The molecule has 1 amide bonds. The minimum absolute atomic E-state index is 0.118. The Morgan fingerprint density at radius 3 is 2.86 bits per heavy atom. The van der Waals surface area contributed by atoms with Gasteiger partial charge >= 0.3 is 0 Å². The summed E-state index contributed by atoms with van der Waals surface area (Å²) in [7, 11) is 0. The molecule has 1 aliphatic carbocycles. The van der Waals surface area contributed by atoms with E-state index < -0.39 is 0 Å². The summed E-state index contributed by atoms with van der Waals surface area (Å²) in [6, 6.07) is 0.402. The van der Waals surface area contributed by atoms with Crippen molar-refractivity contribution >= 4 is 5.91 Å². The van der Waals surface area contributed by atoms with E-state index in [1.807, 2.05) is 0 Å². The lowest BCUT2D eigenvalue weighted by molar-refractivity contribution is -0.121. The summed E-state index contributed by atoms with van der Waals surface area (Å²) in [5.74, 6) is 0.943. The van der Waals surface area contributed by atoms with Gasteiger partial charge in [0.25, 0.3) is 0 Å². The lowest BCUT2D eigenvalue weighted by Crippen LogP contribution is -2.35. The van der Waals surface area contributed by atoms with E-state index in [1.54, 1.807) is 0 Å². The number of nitrogens with one attached hydrogen (secondary N) is 1. The highest BCUT2D eigenvalue weighted by molar-refractivity contribution is 5.76. The van der Waals surface area contributed by atoms with Crippen LogP contribution in [-0.2, 0) is 4.79 Å². The normalized spacial score (nSPS) is 28.1. The van der Waals surface area contributed by atoms with Gasteiger partial charge < -0.3 is 11.1 Å². The van der Waals surface area contributed by atoms with Crippen LogP contribution in [0.5, 0.6) is 0 Å². The largest absolute Gasteiger partial charge is 0.353 e. The first-order valence-electron chi connectivity index (χ1n) is 5.71. The minimum atomic E-state index is 0.118. The molecule has 0 aromatic rings. The van der Waals surface area contributed by atoms with Gasteiger partial charge in [-0.15, -0.1) is 0 Å². The fraction of sp³-hybridized carbons (Fsp3) is 0.909. The van der Waals surface area contributed by atoms with Crippen molar-refractivity contribution in [3.8, 4) is 0 Å². The molecule has 3 heteroatoms. The van der Waals surface area contributed by atoms with Crippen LogP contribution in [0.15, 0.2) is 0 Å². The zero-order valence-electron chi connectivity index (χ0n) is 9.09. The molecule has 82 valence electrons. The molecule has 0 aromatic carbocycles. The monoisotopic (exact) mass is 198 g/mol. The molecule has 0 aliphatic heterocycles. The van der Waals surface area contributed by atoms with Crippen LogP contribution in [0, 0.1) is 5.92 Å². The lowest BCUT2D eigenvalue weighted by atomic mass is 10.0. The van der Waals surface area contributed by atoms with Gasteiger partial charge in [0.05, 0.1) is 0 Å². The topological polar surface area (TPSA) is 55.1 Å². The molecule has 2 unspecified atom stereocenters. The predicted molar refractivity (Wildman–Crippen MR) is 57.9 cm³/mol. The molecule has 0 aromatic heterocycles. The van der Waals surface area contributed by atoms with Crippen molar-refractivity contribution in [3.63, 3.8) is 0 Å². The van der Waals surface area contributed by atoms with E-state index in [2.05, 4.69) is 12.2 Å². The van der Waals surface area contributed by atoms with E-state index >= 15 is 0 Å². The summed E-state index contributed by atoms with van der Waals surface area (Å²) >= 11 is 0. The highest BCUT2D eigenvalue weighted by atomic mass is 16.1. The van der Waals surface area contributed by atoms with Gasteiger partial charge in [0.1, 0.15) is 0 Å². The maximum absolute atomic E-state index is 11.3. The Labute approximate surface area is 86.4 Å². The molecule has 0 heterocycles. The molecule has 14 heavy (non-hydrogen) atoms. The second-order valence-electron chi connectivity index (χ2n) is 4.42. The number of nitrogens with two attached hydrogens (primary N) is 1. The third-order valence-corrected chi connectivity index (χ3v) is 2.99. The van der Waals surface area contributed by atoms with Crippen molar-refractivity contribution in [2.45, 2.75) is 51.5 Å². The van der Waals surface area contributed by atoms with Gasteiger partial charge in [-0.3, -0.25) is 4.79 Å². The lowest BCUT2D eigenvalue weighted by Gasteiger charge is -2.15. The van der Waals surface area contributed by atoms with Gasteiger partial charge in [0.2, 0.25) is 5.91 Å². The van der Waals surface area contributed by atoms with Crippen LogP contribution in [0.2, 0.25) is 0 Å². The Morgan fingerprint density at radius 1 is 1.36 bits per heavy atom. The number of carbonyl (C=O) groups is 1.